The topological polar surface area (TPSA) is 53.1 Å². The molecular weight excluding hydrogens is 390 g/mol. The first-order chi connectivity index (χ1) is 15.2. The van der Waals surface area contributed by atoms with Crippen molar-refractivity contribution >= 4 is 17.5 Å². The molecule has 1 aliphatic carbocycles. The molecule has 0 radical (unpaired) electrons. The zero-order chi connectivity index (χ0) is 21.2. The van der Waals surface area contributed by atoms with Gasteiger partial charge in [0.15, 0.2) is 0 Å². The molecule has 0 bridgehead atoms. The number of morpholine rings is 1. The summed E-state index contributed by atoms with van der Waals surface area (Å²) in [6.45, 7) is 5.18. The standard InChI is InChI=1S/C25H33N3O3/c29-24(26-14-16-31-17-15-26)21-11-13-27(18-21)22-9-7-20(8-10-22)25(30)28-12-3-5-19-4-1-2-6-23(19)28/h6-10,19,21H,1-5,11-18H2. The summed E-state index contributed by atoms with van der Waals surface area (Å²) in [5, 5.41) is 0. The number of rotatable bonds is 3. The van der Waals surface area contributed by atoms with Crippen LogP contribution in [0.3, 0.4) is 0 Å². The number of carbonyl (C=O) groups is 2. The number of ether oxygens (including phenoxy) is 1. The number of allylic oxidation sites excluding steroid dienone is 2. The van der Waals surface area contributed by atoms with E-state index in [4.69, 9.17) is 4.74 Å². The number of carbonyl (C=O) groups excluding carboxylic acids is 2. The van der Waals surface area contributed by atoms with E-state index in [0.717, 1.165) is 50.1 Å². The van der Waals surface area contributed by atoms with Crippen LogP contribution >= 0.6 is 0 Å². The molecule has 166 valence electrons. The quantitative estimate of drug-likeness (QED) is 0.749. The molecule has 0 aromatic heterocycles. The van der Waals surface area contributed by atoms with Gasteiger partial charge in [-0.1, -0.05) is 6.08 Å². The van der Waals surface area contributed by atoms with E-state index >= 15 is 0 Å². The van der Waals surface area contributed by atoms with Crippen LogP contribution < -0.4 is 4.90 Å². The second-order valence-corrected chi connectivity index (χ2v) is 9.27. The Morgan fingerprint density at radius 3 is 2.48 bits per heavy atom. The third-order valence-electron chi connectivity index (χ3n) is 7.36. The molecule has 5 rings (SSSR count). The van der Waals surface area contributed by atoms with Crippen LogP contribution in [0.4, 0.5) is 5.69 Å². The summed E-state index contributed by atoms with van der Waals surface area (Å²) in [7, 11) is 0. The van der Waals surface area contributed by atoms with E-state index in [1.807, 2.05) is 34.1 Å². The number of nitrogens with zero attached hydrogens (tertiary/aromatic N) is 3. The molecular formula is C25H33N3O3. The molecule has 0 saturated carbocycles. The maximum atomic E-state index is 13.2. The number of likely N-dealkylation sites (tertiary alicyclic amines) is 1. The Morgan fingerprint density at radius 1 is 0.903 bits per heavy atom. The van der Waals surface area contributed by atoms with E-state index < -0.39 is 0 Å². The van der Waals surface area contributed by atoms with Crippen LogP contribution in [0.15, 0.2) is 36.0 Å². The first kappa shape index (κ1) is 20.6. The number of anilines is 1. The van der Waals surface area contributed by atoms with Crippen LogP contribution in [-0.2, 0) is 9.53 Å². The van der Waals surface area contributed by atoms with Crippen LogP contribution in [0, 0.1) is 11.8 Å². The van der Waals surface area contributed by atoms with Crippen LogP contribution in [0.5, 0.6) is 0 Å². The summed E-state index contributed by atoms with van der Waals surface area (Å²) in [4.78, 5) is 32.3. The predicted octanol–water partition coefficient (Wildman–Crippen LogP) is 3.29. The average molecular weight is 424 g/mol. The van der Waals surface area contributed by atoms with Crippen molar-refractivity contribution in [1.29, 1.82) is 0 Å². The second kappa shape index (κ2) is 9.03. The molecule has 3 aliphatic heterocycles. The predicted molar refractivity (Wildman–Crippen MR) is 120 cm³/mol. The molecule has 3 heterocycles. The fourth-order valence-electron chi connectivity index (χ4n) is 5.60. The average Bonchev–Trinajstić information content (AvgIpc) is 3.34. The van der Waals surface area contributed by atoms with Crippen molar-refractivity contribution in [3.63, 3.8) is 0 Å². The number of hydrogen-bond donors (Lipinski definition) is 0. The van der Waals surface area contributed by atoms with Gasteiger partial charge in [-0.25, -0.2) is 0 Å². The van der Waals surface area contributed by atoms with Gasteiger partial charge in [-0.05, 0) is 68.7 Å². The molecule has 0 spiro atoms. The van der Waals surface area contributed by atoms with Crippen molar-refractivity contribution in [3.05, 3.63) is 41.6 Å². The number of benzene rings is 1. The van der Waals surface area contributed by atoms with E-state index in [-0.39, 0.29) is 17.7 Å². The number of fused-ring (bicyclic) bond motifs is 1. The lowest BCUT2D eigenvalue weighted by molar-refractivity contribution is -0.138. The van der Waals surface area contributed by atoms with Crippen molar-refractivity contribution in [2.75, 3.05) is 50.8 Å². The third-order valence-corrected chi connectivity index (χ3v) is 7.36. The Balaban J connectivity index is 1.22. The second-order valence-electron chi connectivity index (χ2n) is 9.27. The zero-order valence-corrected chi connectivity index (χ0v) is 18.3. The summed E-state index contributed by atoms with van der Waals surface area (Å²) in [5.74, 6) is 1.02. The highest BCUT2D eigenvalue weighted by Gasteiger charge is 2.33. The van der Waals surface area contributed by atoms with Gasteiger partial charge in [-0.2, -0.15) is 0 Å². The van der Waals surface area contributed by atoms with Gasteiger partial charge in [0.25, 0.3) is 5.91 Å². The summed E-state index contributed by atoms with van der Waals surface area (Å²) in [5.41, 5.74) is 3.12. The molecule has 0 N–H and O–H groups in total. The van der Waals surface area contributed by atoms with Crippen LogP contribution in [0.2, 0.25) is 0 Å². The Morgan fingerprint density at radius 2 is 1.68 bits per heavy atom. The van der Waals surface area contributed by atoms with Crippen LogP contribution in [0.1, 0.15) is 48.9 Å². The minimum atomic E-state index is 0.0583. The molecule has 2 unspecified atom stereocenters. The monoisotopic (exact) mass is 423 g/mol. The molecule has 1 aromatic rings. The SMILES string of the molecule is O=C(C1CCN(c2ccc(C(=O)N3CCCC4CCCC=C43)cc2)C1)N1CCOCC1. The minimum absolute atomic E-state index is 0.0583. The molecule has 3 saturated heterocycles. The third kappa shape index (κ3) is 4.22. The molecule has 2 atom stereocenters. The van der Waals surface area contributed by atoms with E-state index in [9.17, 15) is 9.59 Å². The Bertz CT molecular complexity index is 844. The Hall–Kier alpha value is -2.34. The molecule has 4 aliphatic rings. The van der Waals surface area contributed by atoms with Crippen LogP contribution in [-0.4, -0.2) is 67.6 Å². The summed E-state index contributed by atoms with van der Waals surface area (Å²) < 4.78 is 5.37. The van der Waals surface area contributed by atoms with Gasteiger partial charge in [-0.15, -0.1) is 0 Å². The summed E-state index contributed by atoms with van der Waals surface area (Å²) in [6, 6.07) is 8.01. The maximum absolute atomic E-state index is 13.2. The maximum Gasteiger partial charge on any atom is 0.258 e. The number of amides is 2. The zero-order valence-electron chi connectivity index (χ0n) is 18.3. The first-order valence-electron chi connectivity index (χ1n) is 11.9. The lowest BCUT2D eigenvalue weighted by Gasteiger charge is -2.38. The highest BCUT2D eigenvalue weighted by molar-refractivity contribution is 5.96. The van der Waals surface area contributed by atoms with Gasteiger partial charge in [0.05, 0.1) is 19.1 Å². The van der Waals surface area contributed by atoms with E-state index in [1.165, 1.54) is 25.0 Å². The van der Waals surface area contributed by atoms with E-state index in [2.05, 4.69) is 11.0 Å². The van der Waals surface area contributed by atoms with Gasteiger partial charge >= 0.3 is 0 Å². The fraction of sp³-hybridized carbons (Fsp3) is 0.600. The van der Waals surface area contributed by atoms with Gasteiger partial charge in [0.1, 0.15) is 0 Å². The summed E-state index contributed by atoms with van der Waals surface area (Å²) in [6.07, 6.45) is 9.04. The minimum Gasteiger partial charge on any atom is -0.378 e. The summed E-state index contributed by atoms with van der Waals surface area (Å²) >= 11 is 0. The number of piperidine rings is 1. The first-order valence-corrected chi connectivity index (χ1v) is 11.9. The molecule has 3 fully saturated rings. The van der Waals surface area contributed by atoms with Crippen LogP contribution in [0.25, 0.3) is 0 Å². The molecule has 6 nitrogen and oxygen atoms in total. The molecule has 1 aromatic carbocycles. The molecule has 6 heteroatoms. The molecule has 31 heavy (non-hydrogen) atoms. The molecule has 2 amide bonds. The van der Waals surface area contributed by atoms with Gasteiger partial charge in [0, 0.05) is 49.7 Å². The van der Waals surface area contributed by atoms with Crippen molar-refractivity contribution < 1.29 is 14.3 Å². The largest absolute Gasteiger partial charge is 0.378 e. The highest BCUT2D eigenvalue weighted by Crippen LogP contribution is 2.36. The van der Waals surface area contributed by atoms with Crippen molar-refractivity contribution in [2.45, 2.75) is 38.5 Å². The Labute approximate surface area is 184 Å². The van der Waals surface area contributed by atoms with E-state index in [1.54, 1.807) is 0 Å². The van der Waals surface area contributed by atoms with E-state index in [0.29, 0.717) is 32.2 Å². The van der Waals surface area contributed by atoms with Crippen molar-refractivity contribution in [2.24, 2.45) is 11.8 Å². The lowest BCUT2D eigenvalue weighted by Crippen LogP contribution is -2.44. The normalized spacial score (nSPS) is 26.5. The van der Waals surface area contributed by atoms with Gasteiger partial charge in [-0.3, -0.25) is 9.59 Å². The van der Waals surface area contributed by atoms with Crippen molar-refractivity contribution in [3.8, 4) is 0 Å². The van der Waals surface area contributed by atoms with Gasteiger partial charge < -0.3 is 19.4 Å². The van der Waals surface area contributed by atoms with Gasteiger partial charge in [0.2, 0.25) is 5.91 Å². The number of hydrogen-bond acceptors (Lipinski definition) is 4. The lowest BCUT2D eigenvalue weighted by atomic mass is 9.84. The fourth-order valence-corrected chi connectivity index (χ4v) is 5.60. The highest BCUT2D eigenvalue weighted by atomic mass is 16.5. The Kier molecular flexibility index (Phi) is 5.99. The van der Waals surface area contributed by atoms with Crippen molar-refractivity contribution in [1.82, 2.24) is 9.80 Å². The smallest absolute Gasteiger partial charge is 0.258 e.